The predicted octanol–water partition coefficient (Wildman–Crippen LogP) is 2.57. The van der Waals surface area contributed by atoms with E-state index in [1.165, 1.54) is 26.3 Å². The first-order chi connectivity index (χ1) is 11.6. The number of hydrogen-bond acceptors (Lipinski definition) is 5. The largest absolute Gasteiger partial charge is 0.497 e. The second-order valence-corrected chi connectivity index (χ2v) is 9.91. The summed E-state index contributed by atoms with van der Waals surface area (Å²) in [5, 5.41) is -0.0371. The lowest BCUT2D eigenvalue weighted by atomic mass is 10.2. The van der Waals surface area contributed by atoms with Crippen LogP contribution in [0.3, 0.4) is 0 Å². The van der Waals surface area contributed by atoms with E-state index >= 15 is 0 Å². The molecule has 0 amide bonds. The molecule has 0 heterocycles. The van der Waals surface area contributed by atoms with Crippen LogP contribution < -0.4 is 4.74 Å². The lowest BCUT2D eigenvalue weighted by molar-refractivity contribution is 0.412. The molecule has 0 aliphatic rings. The van der Waals surface area contributed by atoms with Crippen molar-refractivity contribution in [2.75, 3.05) is 20.4 Å². The predicted molar refractivity (Wildman–Crippen MR) is 96.2 cm³/mol. The van der Waals surface area contributed by atoms with Crippen LogP contribution in [0.4, 0.5) is 0 Å². The van der Waals surface area contributed by atoms with Gasteiger partial charge >= 0.3 is 0 Å². The van der Waals surface area contributed by atoms with Crippen LogP contribution in [0.15, 0.2) is 52.3 Å². The molecular weight excluding hydrogens is 386 g/mol. The summed E-state index contributed by atoms with van der Waals surface area (Å²) in [6.07, 6.45) is 1.01. The van der Waals surface area contributed by atoms with Gasteiger partial charge in [0, 0.05) is 19.8 Å². The fourth-order valence-corrected chi connectivity index (χ4v) is 4.57. The summed E-state index contributed by atoms with van der Waals surface area (Å²) in [5.74, 6) is 0.611. The lowest BCUT2D eigenvalue weighted by Crippen LogP contribution is -2.27. The van der Waals surface area contributed by atoms with Gasteiger partial charge in [-0.2, -0.15) is 4.31 Å². The molecule has 2 aromatic carbocycles. The van der Waals surface area contributed by atoms with Crippen molar-refractivity contribution < 1.29 is 21.6 Å². The molecule has 0 bridgehead atoms. The Hall–Kier alpha value is -1.61. The SMILES string of the molecule is COc1cccc(CN(C)S(=O)(=O)c2cc(S(C)(=O)=O)ccc2Cl)c1. The molecule has 0 aromatic heterocycles. The lowest BCUT2D eigenvalue weighted by Gasteiger charge is -2.19. The molecule has 2 rings (SSSR count). The highest BCUT2D eigenvalue weighted by molar-refractivity contribution is 7.91. The van der Waals surface area contributed by atoms with Crippen LogP contribution in [0.5, 0.6) is 5.75 Å². The number of sulfone groups is 1. The van der Waals surface area contributed by atoms with Gasteiger partial charge in [0.1, 0.15) is 10.6 Å². The summed E-state index contributed by atoms with van der Waals surface area (Å²) in [6, 6.07) is 10.6. The number of halogens is 1. The zero-order valence-electron chi connectivity index (χ0n) is 13.9. The van der Waals surface area contributed by atoms with Crippen LogP contribution in [-0.4, -0.2) is 41.6 Å². The molecule has 0 aliphatic carbocycles. The summed E-state index contributed by atoms with van der Waals surface area (Å²) in [6.45, 7) is 0.0823. The molecule has 0 spiro atoms. The minimum absolute atomic E-state index is 0.0371. The highest BCUT2D eigenvalue weighted by Gasteiger charge is 2.25. The molecule has 0 aliphatic heterocycles. The number of nitrogens with zero attached hydrogens (tertiary/aromatic N) is 1. The molecule has 0 fully saturated rings. The molecule has 2 aromatic rings. The van der Waals surface area contributed by atoms with Gasteiger partial charge in [-0.05, 0) is 35.9 Å². The van der Waals surface area contributed by atoms with Crippen LogP contribution in [0.1, 0.15) is 5.56 Å². The number of rotatable bonds is 6. The molecule has 0 unspecified atom stereocenters. The third kappa shape index (κ3) is 4.52. The van der Waals surface area contributed by atoms with E-state index in [1.54, 1.807) is 24.3 Å². The Labute approximate surface area is 153 Å². The Bertz CT molecular complexity index is 987. The van der Waals surface area contributed by atoms with Crippen molar-refractivity contribution in [3.8, 4) is 5.75 Å². The van der Waals surface area contributed by atoms with Crippen LogP contribution in [-0.2, 0) is 26.4 Å². The topological polar surface area (TPSA) is 80.8 Å². The number of benzene rings is 2. The van der Waals surface area contributed by atoms with E-state index in [0.717, 1.165) is 22.2 Å². The summed E-state index contributed by atoms with van der Waals surface area (Å²) < 4.78 is 55.2. The Morgan fingerprint density at radius 1 is 1.08 bits per heavy atom. The molecule has 6 nitrogen and oxygen atoms in total. The third-order valence-corrected chi connectivity index (χ3v) is 6.95. The van der Waals surface area contributed by atoms with E-state index in [1.807, 2.05) is 0 Å². The third-order valence-electron chi connectivity index (χ3n) is 3.56. The number of ether oxygens (including phenoxy) is 1. The van der Waals surface area contributed by atoms with Gasteiger partial charge in [0.15, 0.2) is 9.84 Å². The molecular formula is C16H18ClNO5S2. The van der Waals surface area contributed by atoms with E-state index in [2.05, 4.69) is 0 Å². The van der Waals surface area contributed by atoms with Gasteiger partial charge in [-0.25, -0.2) is 16.8 Å². The van der Waals surface area contributed by atoms with Gasteiger partial charge in [-0.3, -0.25) is 0 Å². The smallest absolute Gasteiger partial charge is 0.244 e. The van der Waals surface area contributed by atoms with Crippen molar-refractivity contribution in [2.45, 2.75) is 16.3 Å². The average molecular weight is 404 g/mol. The van der Waals surface area contributed by atoms with Crippen LogP contribution in [0, 0.1) is 0 Å². The van der Waals surface area contributed by atoms with Crippen molar-refractivity contribution >= 4 is 31.5 Å². The van der Waals surface area contributed by atoms with Gasteiger partial charge < -0.3 is 4.74 Å². The quantitative estimate of drug-likeness (QED) is 0.740. The molecule has 0 radical (unpaired) electrons. The second-order valence-electron chi connectivity index (χ2n) is 5.48. The van der Waals surface area contributed by atoms with E-state index in [4.69, 9.17) is 16.3 Å². The first kappa shape index (κ1) is 19.7. The summed E-state index contributed by atoms with van der Waals surface area (Å²) in [5.41, 5.74) is 0.723. The molecule has 136 valence electrons. The number of hydrogen-bond donors (Lipinski definition) is 0. The zero-order chi connectivity index (χ0) is 18.8. The van der Waals surface area contributed by atoms with Crippen molar-refractivity contribution in [1.82, 2.24) is 4.31 Å². The number of methoxy groups -OCH3 is 1. The van der Waals surface area contributed by atoms with Crippen molar-refractivity contribution in [2.24, 2.45) is 0 Å². The Kier molecular flexibility index (Phi) is 5.78. The van der Waals surface area contributed by atoms with E-state index in [-0.39, 0.29) is 21.4 Å². The average Bonchev–Trinajstić information content (AvgIpc) is 2.54. The summed E-state index contributed by atoms with van der Waals surface area (Å²) >= 11 is 6.00. The fraction of sp³-hybridized carbons (Fsp3) is 0.250. The van der Waals surface area contributed by atoms with Gasteiger partial charge in [0.2, 0.25) is 10.0 Å². The molecule has 0 atom stereocenters. The van der Waals surface area contributed by atoms with Crippen LogP contribution in [0.25, 0.3) is 0 Å². The Balaban J connectivity index is 2.40. The molecule has 9 heteroatoms. The minimum atomic E-state index is -3.97. The highest BCUT2D eigenvalue weighted by Crippen LogP contribution is 2.28. The van der Waals surface area contributed by atoms with Gasteiger partial charge in [0.25, 0.3) is 0 Å². The number of sulfonamides is 1. The van der Waals surface area contributed by atoms with E-state index in [9.17, 15) is 16.8 Å². The highest BCUT2D eigenvalue weighted by atomic mass is 35.5. The molecule has 0 saturated heterocycles. The van der Waals surface area contributed by atoms with Gasteiger partial charge in [-0.1, -0.05) is 23.7 Å². The monoisotopic (exact) mass is 403 g/mol. The van der Waals surface area contributed by atoms with Crippen LogP contribution >= 0.6 is 11.6 Å². The van der Waals surface area contributed by atoms with Gasteiger partial charge in [0.05, 0.1) is 17.0 Å². The normalized spacial score (nSPS) is 12.4. The first-order valence-electron chi connectivity index (χ1n) is 7.14. The summed E-state index contributed by atoms with van der Waals surface area (Å²) in [4.78, 5) is -0.354. The maximum absolute atomic E-state index is 12.8. The van der Waals surface area contributed by atoms with Gasteiger partial charge in [-0.15, -0.1) is 0 Å². The molecule has 25 heavy (non-hydrogen) atoms. The second kappa shape index (κ2) is 7.33. The van der Waals surface area contributed by atoms with E-state index < -0.39 is 19.9 Å². The zero-order valence-corrected chi connectivity index (χ0v) is 16.3. The van der Waals surface area contributed by atoms with Crippen molar-refractivity contribution in [3.05, 3.63) is 53.1 Å². The minimum Gasteiger partial charge on any atom is -0.497 e. The Morgan fingerprint density at radius 2 is 1.76 bits per heavy atom. The van der Waals surface area contributed by atoms with E-state index in [0.29, 0.717) is 5.75 Å². The first-order valence-corrected chi connectivity index (χ1v) is 10.9. The standard InChI is InChI=1S/C16H18ClNO5S2/c1-18(11-12-5-4-6-13(9-12)23-2)25(21,22)16-10-14(24(3,19)20)7-8-15(16)17/h4-10H,11H2,1-3H3. The maximum atomic E-state index is 12.8. The summed E-state index contributed by atoms with van der Waals surface area (Å²) in [7, 11) is -4.60. The van der Waals surface area contributed by atoms with Crippen LogP contribution in [0.2, 0.25) is 5.02 Å². The molecule has 0 N–H and O–H groups in total. The fourth-order valence-electron chi connectivity index (χ4n) is 2.19. The maximum Gasteiger partial charge on any atom is 0.244 e. The Morgan fingerprint density at radius 3 is 2.36 bits per heavy atom. The molecule has 0 saturated carbocycles. The van der Waals surface area contributed by atoms with Crippen molar-refractivity contribution in [1.29, 1.82) is 0 Å². The van der Waals surface area contributed by atoms with Crippen molar-refractivity contribution in [3.63, 3.8) is 0 Å².